The van der Waals surface area contributed by atoms with E-state index >= 15 is 0 Å². The van der Waals surface area contributed by atoms with Gasteiger partial charge in [0.2, 0.25) is 0 Å². The van der Waals surface area contributed by atoms with Gasteiger partial charge >= 0.3 is 5.97 Å². The van der Waals surface area contributed by atoms with Gasteiger partial charge < -0.3 is 19.3 Å². The first-order valence-electron chi connectivity index (χ1n) is 11.3. The lowest BCUT2D eigenvalue weighted by Gasteiger charge is -2.53. The normalized spacial score (nSPS) is 29.7. The van der Waals surface area contributed by atoms with Gasteiger partial charge in [0.15, 0.2) is 0 Å². The Kier molecular flexibility index (Phi) is 6.45. The lowest BCUT2D eigenvalue weighted by atomic mass is 9.63. The van der Waals surface area contributed by atoms with Crippen molar-refractivity contribution in [3.05, 3.63) is 29.8 Å². The molecule has 2 heterocycles. The van der Waals surface area contributed by atoms with Gasteiger partial charge in [-0.3, -0.25) is 0 Å². The Morgan fingerprint density at radius 1 is 1.14 bits per heavy atom. The van der Waals surface area contributed by atoms with Crippen LogP contribution in [0.5, 0.6) is 5.75 Å². The predicted molar refractivity (Wildman–Crippen MR) is 110 cm³/mol. The van der Waals surface area contributed by atoms with Crippen LogP contribution in [0.2, 0.25) is 0 Å². The van der Waals surface area contributed by atoms with Crippen molar-refractivity contribution in [2.24, 2.45) is 11.3 Å². The van der Waals surface area contributed by atoms with Crippen molar-refractivity contribution in [2.75, 3.05) is 26.4 Å². The minimum absolute atomic E-state index is 0.148. The standard InChI is InChI=1S/C24H34O5/c25-22(26)17-27-14-13-23-9-11-24(12-10-23,29-18-23)20-7-4-8-21(15-20)28-16-19-5-2-1-3-6-19/h4,7-8,15,19H,1-3,5-6,9-14,16-18H2,(H,25,26). The summed E-state index contributed by atoms with van der Waals surface area (Å²) in [6.45, 7) is 1.84. The molecule has 0 aromatic heterocycles. The van der Waals surface area contributed by atoms with E-state index in [1.165, 1.54) is 37.7 Å². The number of hydrogen-bond acceptors (Lipinski definition) is 4. The van der Waals surface area contributed by atoms with Gasteiger partial charge in [0.05, 0.1) is 18.8 Å². The first kappa shape index (κ1) is 20.7. The Bertz CT molecular complexity index is 670. The second-order valence-electron chi connectivity index (χ2n) is 9.32. The molecule has 2 aliphatic carbocycles. The molecule has 2 saturated heterocycles. The summed E-state index contributed by atoms with van der Waals surface area (Å²) in [5.74, 6) is 0.765. The molecule has 2 bridgehead atoms. The second kappa shape index (κ2) is 9.05. The van der Waals surface area contributed by atoms with E-state index in [0.29, 0.717) is 12.5 Å². The SMILES string of the molecule is O=C(O)COCCC12CCC(c3cccc(OCC4CCCCC4)c3)(CC1)OC2. The fourth-order valence-electron chi connectivity index (χ4n) is 5.34. The van der Waals surface area contributed by atoms with Crippen molar-refractivity contribution >= 4 is 5.97 Å². The average molecular weight is 403 g/mol. The third-order valence-electron chi connectivity index (χ3n) is 7.35. The highest BCUT2D eigenvalue weighted by Gasteiger charge is 2.50. The van der Waals surface area contributed by atoms with Gasteiger partial charge in [0, 0.05) is 6.61 Å². The number of carboxylic acids is 1. The predicted octanol–water partition coefficient (Wildman–Crippen LogP) is 4.92. The molecule has 1 aromatic rings. The van der Waals surface area contributed by atoms with Crippen LogP contribution in [0, 0.1) is 11.3 Å². The molecule has 2 aliphatic heterocycles. The smallest absolute Gasteiger partial charge is 0.329 e. The summed E-state index contributed by atoms with van der Waals surface area (Å²) >= 11 is 0. The van der Waals surface area contributed by atoms with Crippen LogP contribution in [0.15, 0.2) is 24.3 Å². The molecule has 5 rings (SSSR count). The van der Waals surface area contributed by atoms with Crippen LogP contribution in [-0.4, -0.2) is 37.5 Å². The third kappa shape index (κ3) is 4.95. The molecule has 1 aromatic carbocycles. The Morgan fingerprint density at radius 2 is 1.93 bits per heavy atom. The quantitative estimate of drug-likeness (QED) is 0.594. The lowest BCUT2D eigenvalue weighted by Crippen LogP contribution is -2.49. The molecule has 5 heteroatoms. The van der Waals surface area contributed by atoms with Crippen LogP contribution in [0.25, 0.3) is 0 Å². The summed E-state index contributed by atoms with van der Waals surface area (Å²) in [6, 6.07) is 8.54. The molecular weight excluding hydrogens is 368 g/mol. The van der Waals surface area contributed by atoms with Crippen LogP contribution in [0.4, 0.5) is 0 Å². The zero-order chi connectivity index (χ0) is 20.2. The van der Waals surface area contributed by atoms with Crippen molar-refractivity contribution in [1.82, 2.24) is 0 Å². The minimum atomic E-state index is -0.907. The van der Waals surface area contributed by atoms with E-state index in [1.807, 2.05) is 0 Å². The molecule has 160 valence electrons. The van der Waals surface area contributed by atoms with E-state index in [2.05, 4.69) is 24.3 Å². The highest BCUT2D eigenvalue weighted by atomic mass is 16.5. The fourth-order valence-corrected chi connectivity index (χ4v) is 5.34. The van der Waals surface area contributed by atoms with Crippen LogP contribution >= 0.6 is 0 Å². The molecular formula is C24H34O5. The first-order chi connectivity index (χ1) is 14.1. The van der Waals surface area contributed by atoms with E-state index in [0.717, 1.165) is 51.1 Å². The topological polar surface area (TPSA) is 65.0 Å². The molecule has 0 unspecified atom stereocenters. The van der Waals surface area contributed by atoms with E-state index in [9.17, 15) is 4.79 Å². The molecule has 0 spiro atoms. The number of rotatable bonds is 9. The molecule has 1 N–H and O–H groups in total. The fraction of sp³-hybridized carbons (Fsp3) is 0.708. The summed E-state index contributed by atoms with van der Waals surface area (Å²) in [4.78, 5) is 10.6. The first-order valence-corrected chi connectivity index (χ1v) is 11.3. The van der Waals surface area contributed by atoms with Gasteiger partial charge in [-0.25, -0.2) is 4.79 Å². The monoisotopic (exact) mass is 402 g/mol. The maximum absolute atomic E-state index is 10.6. The van der Waals surface area contributed by atoms with Gasteiger partial charge in [0.1, 0.15) is 12.4 Å². The van der Waals surface area contributed by atoms with Gasteiger partial charge in [-0.15, -0.1) is 0 Å². The number of carboxylic acid groups (broad SMARTS) is 1. The number of aliphatic carboxylic acids is 1. The number of ether oxygens (including phenoxy) is 3. The van der Waals surface area contributed by atoms with Crippen molar-refractivity contribution in [1.29, 1.82) is 0 Å². The third-order valence-corrected chi connectivity index (χ3v) is 7.35. The van der Waals surface area contributed by atoms with Gasteiger partial charge in [-0.1, -0.05) is 31.4 Å². The van der Waals surface area contributed by atoms with Gasteiger partial charge in [0.25, 0.3) is 0 Å². The van der Waals surface area contributed by atoms with Gasteiger partial charge in [-0.2, -0.15) is 0 Å². The number of benzene rings is 1. The van der Waals surface area contributed by atoms with Crippen molar-refractivity contribution in [2.45, 2.75) is 69.8 Å². The molecule has 5 nitrogen and oxygen atoms in total. The molecule has 0 atom stereocenters. The number of fused-ring (bicyclic) bond motifs is 3. The summed E-state index contributed by atoms with van der Waals surface area (Å²) in [5.41, 5.74) is 1.21. The summed E-state index contributed by atoms with van der Waals surface area (Å²) in [6.07, 6.45) is 11.8. The van der Waals surface area contributed by atoms with E-state index in [4.69, 9.17) is 19.3 Å². The average Bonchev–Trinajstić information content (AvgIpc) is 2.77. The van der Waals surface area contributed by atoms with Crippen LogP contribution in [0.3, 0.4) is 0 Å². The summed E-state index contributed by atoms with van der Waals surface area (Å²) in [5, 5.41) is 8.71. The van der Waals surface area contributed by atoms with Gasteiger partial charge in [-0.05, 0) is 74.0 Å². The Balaban J connectivity index is 1.32. The molecule has 4 fully saturated rings. The summed E-state index contributed by atoms with van der Waals surface area (Å²) < 4.78 is 17.9. The van der Waals surface area contributed by atoms with Crippen LogP contribution in [0.1, 0.15) is 69.8 Å². The van der Waals surface area contributed by atoms with E-state index < -0.39 is 5.97 Å². The highest BCUT2D eigenvalue weighted by Crippen LogP contribution is 2.55. The molecule has 2 saturated carbocycles. The molecule has 29 heavy (non-hydrogen) atoms. The summed E-state index contributed by atoms with van der Waals surface area (Å²) in [7, 11) is 0. The minimum Gasteiger partial charge on any atom is -0.493 e. The Hall–Kier alpha value is -1.59. The largest absolute Gasteiger partial charge is 0.493 e. The lowest BCUT2D eigenvalue weighted by molar-refractivity contribution is -0.194. The van der Waals surface area contributed by atoms with Crippen molar-refractivity contribution < 1.29 is 24.1 Å². The highest BCUT2D eigenvalue weighted by molar-refractivity contribution is 5.67. The van der Waals surface area contributed by atoms with E-state index in [1.54, 1.807) is 0 Å². The second-order valence-corrected chi connectivity index (χ2v) is 9.32. The van der Waals surface area contributed by atoms with E-state index in [-0.39, 0.29) is 17.6 Å². The molecule has 0 radical (unpaired) electrons. The number of carbonyl (C=O) groups is 1. The maximum atomic E-state index is 10.6. The van der Waals surface area contributed by atoms with Crippen LogP contribution < -0.4 is 4.74 Å². The van der Waals surface area contributed by atoms with Crippen LogP contribution in [-0.2, 0) is 19.9 Å². The Morgan fingerprint density at radius 3 is 2.62 bits per heavy atom. The molecule has 0 amide bonds. The Labute approximate surface area is 173 Å². The van der Waals surface area contributed by atoms with Crippen molar-refractivity contribution in [3.63, 3.8) is 0 Å². The maximum Gasteiger partial charge on any atom is 0.329 e. The van der Waals surface area contributed by atoms with Crippen molar-refractivity contribution in [3.8, 4) is 5.75 Å². The zero-order valence-electron chi connectivity index (χ0n) is 17.4. The molecule has 4 aliphatic rings. The zero-order valence-corrected chi connectivity index (χ0v) is 17.4. The number of hydrogen-bond donors (Lipinski definition) is 1.